The van der Waals surface area contributed by atoms with Gasteiger partial charge in [0.15, 0.2) is 0 Å². The average molecular weight is 361 g/mol. The van der Waals surface area contributed by atoms with Crippen LogP contribution in [-0.4, -0.2) is 67.4 Å². The minimum absolute atomic E-state index is 0.207. The van der Waals surface area contributed by atoms with Crippen LogP contribution >= 0.6 is 0 Å². The summed E-state index contributed by atoms with van der Waals surface area (Å²) in [5.74, 6) is -1.20. The third-order valence-electron chi connectivity index (χ3n) is 4.79. The molecule has 1 aromatic rings. The van der Waals surface area contributed by atoms with E-state index in [2.05, 4.69) is 17.1 Å². The Labute approximate surface area is 154 Å². The van der Waals surface area contributed by atoms with Gasteiger partial charge in [-0.1, -0.05) is 19.1 Å². The Hall–Kier alpha value is -2.41. The van der Waals surface area contributed by atoms with E-state index in [-0.39, 0.29) is 11.5 Å². The number of ether oxygens (including phenoxy) is 1. The van der Waals surface area contributed by atoms with Gasteiger partial charge in [-0.15, -0.1) is 0 Å². The van der Waals surface area contributed by atoms with E-state index in [9.17, 15) is 14.4 Å². The summed E-state index contributed by atoms with van der Waals surface area (Å²) in [6.45, 7) is 9.11. The van der Waals surface area contributed by atoms with Crippen LogP contribution in [0.4, 0.5) is 5.69 Å². The second-order valence-electron chi connectivity index (χ2n) is 6.84. The van der Waals surface area contributed by atoms with Crippen LogP contribution in [0.1, 0.15) is 31.1 Å². The van der Waals surface area contributed by atoms with Crippen LogP contribution in [0.3, 0.4) is 0 Å². The van der Waals surface area contributed by atoms with Gasteiger partial charge in [0.05, 0.1) is 18.4 Å². The predicted octanol–water partition coefficient (Wildman–Crippen LogP) is 1.60. The Balaban J connectivity index is 2.11. The number of rotatable bonds is 5. The molecule has 0 saturated carbocycles. The van der Waals surface area contributed by atoms with Crippen LogP contribution in [0.25, 0.3) is 0 Å². The molecule has 2 rings (SSSR count). The lowest BCUT2D eigenvalue weighted by atomic mass is 9.89. The van der Waals surface area contributed by atoms with Crippen molar-refractivity contribution in [3.05, 3.63) is 29.8 Å². The third kappa shape index (κ3) is 4.22. The molecule has 0 aromatic heterocycles. The zero-order valence-corrected chi connectivity index (χ0v) is 15.9. The standard InChI is InChI=1S/C19H27N3O4/c1-5-21-10-12-22(13-11-21)18(25)19(2,3)17(24)20-15-9-7-6-8-14(15)16(23)26-4/h6-9H,5,10-13H2,1-4H3,(H,20,24). The van der Waals surface area contributed by atoms with Crippen LogP contribution in [0.15, 0.2) is 24.3 Å². The molecule has 1 N–H and O–H groups in total. The first kappa shape index (κ1) is 19.9. The van der Waals surface area contributed by atoms with Gasteiger partial charge in [-0.05, 0) is 32.5 Å². The zero-order valence-electron chi connectivity index (χ0n) is 15.9. The summed E-state index contributed by atoms with van der Waals surface area (Å²) in [7, 11) is 1.28. The number of nitrogens with one attached hydrogen (secondary N) is 1. The zero-order chi connectivity index (χ0) is 19.3. The molecule has 1 saturated heterocycles. The molecule has 2 amide bonds. The van der Waals surface area contributed by atoms with Crippen molar-refractivity contribution in [3.8, 4) is 0 Å². The van der Waals surface area contributed by atoms with Gasteiger partial charge in [0.1, 0.15) is 5.41 Å². The fourth-order valence-corrected chi connectivity index (χ4v) is 2.92. The van der Waals surface area contributed by atoms with Crippen molar-refractivity contribution >= 4 is 23.5 Å². The highest BCUT2D eigenvalue weighted by molar-refractivity contribution is 6.11. The second kappa shape index (κ2) is 8.31. The molecular weight excluding hydrogens is 334 g/mol. The molecule has 0 atom stereocenters. The Morgan fingerprint density at radius 2 is 1.73 bits per heavy atom. The molecule has 1 aliphatic rings. The number of hydrogen-bond donors (Lipinski definition) is 1. The fraction of sp³-hybridized carbons (Fsp3) is 0.526. The Morgan fingerprint density at radius 3 is 2.31 bits per heavy atom. The van der Waals surface area contributed by atoms with E-state index in [1.807, 2.05) is 0 Å². The number of carbonyl (C=O) groups excluding carboxylic acids is 3. The number of likely N-dealkylation sites (N-methyl/N-ethyl adjacent to an activating group) is 1. The van der Waals surface area contributed by atoms with Crippen molar-refractivity contribution in [2.45, 2.75) is 20.8 Å². The van der Waals surface area contributed by atoms with E-state index in [1.165, 1.54) is 7.11 Å². The van der Waals surface area contributed by atoms with Crippen LogP contribution in [-0.2, 0) is 14.3 Å². The first-order valence-electron chi connectivity index (χ1n) is 8.81. The molecule has 26 heavy (non-hydrogen) atoms. The van der Waals surface area contributed by atoms with E-state index < -0.39 is 17.3 Å². The Morgan fingerprint density at radius 1 is 1.12 bits per heavy atom. The smallest absolute Gasteiger partial charge is 0.339 e. The summed E-state index contributed by atoms with van der Waals surface area (Å²) in [6, 6.07) is 6.58. The maximum Gasteiger partial charge on any atom is 0.339 e. The second-order valence-corrected chi connectivity index (χ2v) is 6.84. The number of para-hydroxylation sites is 1. The van der Waals surface area contributed by atoms with Crippen molar-refractivity contribution in [2.24, 2.45) is 5.41 Å². The lowest BCUT2D eigenvalue weighted by molar-refractivity contribution is -0.147. The van der Waals surface area contributed by atoms with Crippen LogP contribution < -0.4 is 5.32 Å². The molecule has 1 aromatic carbocycles. The van der Waals surface area contributed by atoms with E-state index in [0.717, 1.165) is 19.6 Å². The normalized spacial score (nSPS) is 15.5. The van der Waals surface area contributed by atoms with Crippen molar-refractivity contribution < 1.29 is 19.1 Å². The van der Waals surface area contributed by atoms with Gasteiger partial charge in [0, 0.05) is 26.2 Å². The Bertz CT molecular complexity index is 679. The molecule has 1 aliphatic heterocycles. The molecule has 7 nitrogen and oxygen atoms in total. The molecule has 142 valence electrons. The van der Waals surface area contributed by atoms with Crippen LogP contribution in [0.2, 0.25) is 0 Å². The maximum absolute atomic E-state index is 12.9. The third-order valence-corrected chi connectivity index (χ3v) is 4.79. The number of methoxy groups -OCH3 is 1. The number of piperazine rings is 1. The van der Waals surface area contributed by atoms with Gasteiger partial charge in [-0.3, -0.25) is 9.59 Å². The van der Waals surface area contributed by atoms with E-state index in [4.69, 9.17) is 4.74 Å². The maximum atomic E-state index is 12.9. The van der Waals surface area contributed by atoms with Crippen LogP contribution in [0, 0.1) is 5.41 Å². The summed E-state index contributed by atoms with van der Waals surface area (Å²) in [5.41, 5.74) is -0.651. The van der Waals surface area contributed by atoms with Gasteiger partial charge in [-0.2, -0.15) is 0 Å². The molecule has 0 aliphatic carbocycles. The van der Waals surface area contributed by atoms with Crippen molar-refractivity contribution in [2.75, 3.05) is 45.2 Å². The SMILES string of the molecule is CCN1CCN(C(=O)C(C)(C)C(=O)Nc2ccccc2C(=O)OC)CC1. The minimum Gasteiger partial charge on any atom is -0.465 e. The molecule has 0 spiro atoms. The van der Waals surface area contributed by atoms with Crippen molar-refractivity contribution in [1.82, 2.24) is 9.80 Å². The number of nitrogens with zero attached hydrogens (tertiary/aromatic N) is 2. The largest absolute Gasteiger partial charge is 0.465 e. The highest BCUT2D eigenvalue weighted by Crippen LogP contribution is 2.24. The molecule has 0 unspecified atom stereocenters. The highest BCUT2D eigenvalue weighted by Gasteiger charge is 2.40. The Kier molecular flexibility index (Phi) is 6.37. The van der Waals surface area contributed by atoms with Gasteiger partial charge in [0.25, 0.3) is 0 Å². The summed E-state index contributed by atoms with van der Waals surface area (Å²) < 4.78 is 4.74. The van der Waals surface area contributed by atoms with Crippen molar-refractivity contribution in [1.29, 1.82) is 0 Å². The lowest BCUT2D eigenvalue weighted by Crippen LogP contribution is -2.54. The molecular formula is C19H27N3O4. The topological polar surface area (TPSA) is 79.0 Å². The van der Waals surface area contributed by atoms with Gasteiger partial charge in [-0.25, -0.2) is 4.79 Å². The quantitative estimate of drug-likeness (QED) is 0.637. The first-order valence-corrected chi connectivity index (χ1v) is 8.81. The molecule has 0 radical (unpaired) electrons. The summed E-state index contributed by atoms with van der Waals surface area (Å²) in [6.07, 6.45) is 0. The molecule has 0 bridgehead atoms. The fourth-order valence-electron chi connectivity index (χ4n) is 2.92. The number of esters is 1. The summed E-state index contributed by atoms with van der Waals surface area (Å²) >= 11 is 0. The molecule has 1 heterocycles. The highest BCUT2D eigenvalue weighted by atomic mass is 16.5. The van der Waals surface area contributed by atoms with E-state index >= 15 is 0 Å². The predicted molar refractivity (Wildman–Crippen MR) is 98.9 cm³/mol. The number of hydrogen-bond acceptors (Lipinski definition) is 5. The van der Waals surface area contributed by atoms with Gasteiger partial charge >= 0.3 is 5.97 Å². The van der Waals surface area contributed by atoms with E-state index in [1.54, 1.807) is 43.0 Å². The molecule has 1 fully saturated rings. The van der Waals surface area contributed by atoms with Gasteiger partial charge in [0.2, 0.25) is 11.8 Å². The lowest BCUT2D eigenvalue weighted by Gasteiger charge is -2.37. The van der Waals surface area contributed by atoms with Crippen LogP contribution in [0.5, 0.6) is 0 Å². The summed E-state index contributed by atoms with van der Waals surface area (Å²) in [4.78, 5) is 41.5. The number of anilines is 1. The summed E-state index contributed by atoms with van der Waals surface area (Å²) in [5, 5.41) is 2.71. The van der Waals surface area contributed by atoms with E-state index in [0.29, 0.717) is 18.8 Å². The monoisotopic (exact) mass is 361 g/mol. The minimum atomic E-state index is -1.24. The average Bonchev–Trinajstić information content (AvgIpc) is 2.67. The number of carbonyl (C=O) groups is 3. The molecule has 7 heteroatoms. The van der Waals surface area contributed by atoms with Gasteiger partial charge < -0.3 is 19.9 Å². The van der Waals surface area contributed by atoms with Crippen molar-refractivity contribution in [3.63, 3.8) is 0 Å². The number of amides is 2. The number of benzene rings is 1. The first-order chi connectivity index (χ1) is 12.3.